The molecule has 1 aromatic carbocycles. The Kier molecular flexibility index (Phi) is 2.64. The first-order valence-electron chi connectivity index (χ1n) is 5.30. The van der Waals surface area contributed by atoms with Gasteiger partial charge in [0, 0.05) is 0 Å². The third kappa shape index (κ3) is 2.43. The van der Waals surface area contributed by atoms with Gasteiger partial charge in [-0.15, -0.1) is 0 Å². The van der Waals surface area contributed by atoms with Gasteiger partial charge < -0.3 is 5.73 Å². The first kappa shape index (κ1) is 12.0. The van der Waals surface area contributed by atoms with E-state index in [0.717, 1.165) is 25.0 Å². The molecular formula is C12H12F3NO. The number of amides is 1. The average molecular weight is 243 g/mol. The summed E-state index contributed by atoms with van der Waals surface area (Å²) in [5.41, 5.74) is 4.79. The van der Waals surface area contributed by atoms with E-state index in [4.69, 9.17) is 5.73 Å². The van der Waals surface area contributed by atoms with E-state index in [2.05, 4.69) is 0 Å². The third-order valence-electron chi connectivity index (χ3n) is 3.20. The molecule has 0 aliphatic heterocycles. The largest absolute Gasteiger partial charge is 0.416 e. The van der Waals surface area contributed by atoms with Crippen LogP contribution in [0, 0.1) is 5.41 Å². The predicted octanol–water partition coefficient (Wildman–Crippen LogP) is 2.51. The molecule has 5 heteroatoms. The van der Waals surface area contributed by atoms with Gasteiger partial charge in [-0.1, -0.05) is 12.1 Å². The Bertz CT molecular complexity index is 432. The SMILES string of the molecule is NC(=O)C1(Cc2ccc(C(F)(F)F)cc2)CC1. The van der Waals surface area contributed by atoms with Crippen LogP contribution in [-0.4, -0.2) is 5.91 Å². The van der Waals surface area contributed by atoms with E-state index in [1.54, 1.807) is 0 Å². The van der Waals surface area contributed by atoms with Gasteiger partial charge in [-0.3, -0.25) is 4.79 Å². The summed E-state index contributed by atoms with van der Waals surface area (Å²) < 4.78 is 37.0. The van der Waals surface area contributed by atoms with Crippen LogP contribution < -0.4 is 5.73 Å². The lowest BCUT2D eigenvalue weighted by Gasteiger charge is -2.12. The van der Waals surface area contributed by atoms with Gasteiger partial charge in [0.25, 0.3) is 0 Å². The number of rotatable bonds is 3. The second-order valence-corrected chi connectivity index (χ2v) is 4.52. The Morgan fingerprint density at radius 2 is 1.76 bits per heavy atom. The fraction of sp³-hybridized carbons (Fsp3) is 0.417. The second kappa shape index (κ2) is 3.75. The van der Waals surface area contributed by atoms with Gasteiger partial charge in [0.2, 0.25) is 5.91 Å². The molecule has 1 amide bonds. The van der Waals surface area contributed by atoms with Crippen LogP contribution in [0.1, 0.15) is 24.0 Å². The van der Waals surface area contributed by atoms with Crippen LogP contribution in [0.3, 0.4) is 0 Å². The minimum atomic E-state index is -4.32. The molecule has 2 rings (SSSR count). The van der Waals surface area contributed by atoms with Gasteiger partial charge in [-0.2, -0.15) is 13.2 Å². The Morgan fingerprint density at radius 3 is 2.12 bits per heavy atom. The number of halogens is 3. The van der Waals surface area contributed by atoms with Crippen molar-refractivity contribution in [2.75, 3.05) is 0 Å². The highest BCUT2D eigenvalue weighted by Gasteiger charge is 2.48. The van der Waals surface area contributed by atoms with Crippen LogP contribution in [0.5, 0.6) is 0 Å². The van der Waals surface area contributed by atoms with E-state index in [1.165, 1.54) is 12.1 Å². The molecule has 17 heavy (non-hydrogen) atoms. The first-order chi connectivity index (χ1) is 7.83. The lowest BCUT2D eigenvalue weighted by Crippen LogP contribution is -2.26. The Morgan fingerprint density at radius 1 is 1.24 bits per heavy atom. The van der Waals surface area contributed by atoms with Crippen LogP contribution in [0.2, 0.25) is 0 Å². The molecule has 0 aromatic heterocycles. The van der Waals surface area contributed by atoms with Crippen LogP contribution in [-0.2, 0) is 17.4 Å². The molecule has 0 unspecified atom stereocenters. The minimum absolute atomic E-state index is 0.364. The summed E-state index contributed by atoms with van der Waals surface area (Å²) in [5.74, 6) is -0.364. The molecule has 2 nitrogen and oxygen atoms in total. The summed E-state index contributed by atoms with van der Waals surface area (Å²) in [6.45, 7) is 0. The molecule has 0 spiro atoms. The highest BCUT2D eigenvalue weighted by Crippen LogP contribution is 2.48. The number of carbonyl (C=O) groups is 1. The van der Waals surface area contributed by atoms with Crippen LogP contribution in [0.15, 0.2) is 24.3 Å². The number of hydrogen-bond donors (Lipinski definition) is 1. The van der Waals surface area contributed by atoms with Crippen molar-refractivity contribution in [3.63, 3.8) is 0 Å². The standard InChI is InChI=1S/C12H12F3NO/c13-12(14,15)9-3-1-8(2-4-9)7-11(5-6-11)10(16)17/h1-4H,5-7H2,(H2,16,17). The maximum Gasteiger partial charge on any atom is 0.416 e. The topological polar surface area (TPSA) is 43.1 Å². The van der Waals surface area contributed by atoms with Crippen molar-refractivity contribution < 1.29 is 18.0 Å². The number of alkyl halides is 3. The molecule has 0 atom stereocenters. The molecule has 1 saturated carbocycles. The molecule has 0 heterocycles. The summed E-state index contributed by atoms with van der Waals surface area (Å²) in [5, 5.41) is 0. The Labute approximate surface area is 96.6 Å². The third-order valence-corrected chi connectivity index (χ3v) is 3.20. The highest BCUT2D eigenvalue weighted by molar-refractivity contribution is 5.83. The van der Waals surface area contributed by atoms with Crippen molar-refractivity contribution in [1.29, 1.82) is 0 Å². The lowest BCUT2D eigenvalue weighted by atomic mass is 9.95. The summed E-state index contributed by atoms with van der Waals surface area (Å²) in [4.78, 5) is 11.2. The second-order valence-electron chi connectivity index (χ2n) is 4.52. The number of carbonyl (C=O) groups excluding carboxylic acids is 1. The van der Waals surface area contributed by atoms with Crippen molar-refractivity contribution in [3.8, 4) is 0 Å². The number of hydrogen-bond acceptors (Lipinski definition) is 1. The smallest absolute Gasteiger partial charge is 0.369 e. The quantitative estimate of drug-likeness (QED) is 0.870. The van der Waals surface area contributed by atoms with E-state index < -0.39 is 17.2 Å². The summed E-state index contributed by atoms with van der Waals surface area (Å²) >= 11 is 0. The first-order valence-corrected chi connectivity index (χ1v) is 5.30. The van der Waals surface area contributed by atoms with E-state index in [9.17, 15) is 18.0 Å². The van der Waals surface area contributed by atoms with E-state index in [-0.39, 0.29) is 5.91 Å². The molecule has 0 bridgehead atoms. The predicted molar refractivity (Wildman–Crippen MR) is 56.0 cm³/mol. The molecule has 0 saturated heterocycles. The fourth-order valence-corrected chi connectivity index (χ4v) is 1.86. The van der Waals surface area contributed by atoms with Crippen LogP contribution >= 0.6 is 0 Å². The molecule has 1 aliphatic carbocycles. The molecule has 0 radical (unpaired) electrons. The van der Waals surface area contributed by atoms with Crippen LogP contribution in [0.25, 0.3) is 0 Å². The zero-order valence-corrected chi connectivity index (χ0v) is 9.05. The van der Waals surface area contributed by atoms with Crippen molar-refractivity contribution in [3.05, 3.63) is 35.4 Å². The van der Waals surface area contributed by atoms with E-state index >= 15 is 0 Å². The number of primary amides is 1. The molecule has 1 aliphatic rings. The highest BCUT2D eigenvalue weighted by atomic mass is 19.4. The van der Waals surface area contributed by atoms with E-state index in [1.807, 2.05) is 0 Å². The summed E-state index contributed by atoms with van der Waals surface area (Å²) in [7, 11) is 0. The van der Waals surface area contributed by atoms with Gasteiger partial charge in [-0.05, 0) is 37.0 Å². The van der Waals surface area contributed by atoms with Gasteiger partial charge in [0.15, 0.2) is 0 Å². The zero-order valence-electron chi connectivity index (χ0n) is 9.05. The van der Waals surface area contributed by atoms with Gasteiger partial charge >= 0.3 is 6.18 Å². The maximum atomic E-state index is 12.3. The number of benzene rings is 1. The maximum absolute atomic E-state index is 12.3. The Balaban J connectivity index is 2.12. The van der Waals surface area contributed by atoms with Crippen LogP contribution in [0.4, 0.5) is 13.2 Å². The fourth-order valence-electron chi connectivity index (χ4n) is 1.86. The monoisotopic (exact) mass is 243 g/mol. The van der Waals surface area contributed by atoms with Crippen molar-refractivity contribution in [2.45, 2.75) is 25.4 Å². The van der Waals surface area contributed by atoms with Gasteiger partial charge in [-0.25, -0.2) is 0 Å². The zero-order chi connectivity index (χ0) is 12.7. The van der Waals surface area contributed by atoms with E-state index in [0.29, 0.717) is 12.0 Å². The summed E-state index contributed by atoms with van der Waals surface area (Å²) in [6.07, 6.45) is -2.44. The molecule has 92 valence electrons. The molecule has 1 fully saturated rings. The minimum Gasteiger partial charge on any atom is -0.369 e. The molecule has 1 aromatic rings. The normalized spacial score (nSPS) is 17.8. The van der Waals surface area contributed by atoms with Crippen molar-refractivity contribution in [1.82, 2.24) is 0 Å². The number of nitrogens with two attached hydrogens (primary N) is 1. The van der Waals surface area contributed by atoms with Gasteiger partial charge in [0.1, 0.15) is 0 Å². The molecular weight excluding hydrogens is 231 g/mol. The Hall–Kier alpha value is -1.52. The average Bonchev–Trinajstić information content (AvgIpc) is 2.98. The molecule has 2 N–H and O–H groups in total. The van der Waals surface area contributed by atoms with Gasteiger partial charge in [0.05, 0.1) is 11.0 Å². The summed E-state index contributed by atoms with van der Waals surface area (Å²) in [6, 6.07) is 4.89. The van der Waals surface area contributed by atoms with Crippen molar-refractivity contribution in [2.24, 2.45) is 11.1 Å². The van der Waals surface area contributed by atoms with Crippen molar-refractivity contribution >= 4 is 5.91 Å². The lowest BCUT2D eigenvalue weighted by molar-refractivity contribution is -0.137.